The molecule has 98 valence electrons. The summed E-state index contributed by atoms with van der Waals surface area (Å²) in [5.41, 5.74) is 1.03. The van der Waals surface area contributed by atoms with Gasteiger partial charge in [-0.05, 0) is 18.6 Å². The number of aromatic nitrogens is 2. The maximum Gasteiger partial charge on any atom is 0.347 e. The first-order chi connectivity index (χ1) is 9.29. The summed E-state index contributed by atoms with van der Waals surface area (Å²) in [4.78, 5) is 11.9. The second kappa shape index (κ2) is 4.88. The van der Waals surface area contributed by atoms with Crippen LogP contribution in [0.5, 0.6) is 0 Å². The smallest absolute Gasteiger partial charge is 0.347 e. The SMILES string of the molecule is CCCCCn1cc2c(=O)oc3ccccc3c2n1. The molecule has 0 unspecified atom stereocenters. The highest BCUT2D eigenvalue weighted by Gasteiger charge is 2.10. The van der Waals surface area contributed by atoms with Crippen LogP contribution in [0.1, 0.15) is 26.2 Å². The molecular weight excluding hydrogens is 240 g/mol. The molecule has 0 bridgehead atoms. The molecule has 4 heteroatoms. The average molecular weight is 256 g/mol. The van der Waals surface area contributed by atoms with Gasteiger partial charge in [-0.25, -0.2) is 4.79 Å². The maximum absolute atomic E-state index is 11.9. The molecule has 0 fully saturated rings. The quantitative estimate of drug-likeness (QED) is 0.531. The van der Waals surface area contributed by atoms with Crippen molar-refractivity contribution in [3.8, 4) is 0 Å². The Morgan fingerprint density at radius 3 is 2.89 bits per heavy atom. The first kappa shape index (κ1) is 12.0. The molecule has 0 aliphatic rings. The Bertz CT molecular complexity index is 771. The van der Waals surface area contributed by atoms with Gasteiger partial charge in [0.05, 0.1) is 0 Å². The van der Waals surface area contributed by atoms with Crippen molar-refractivity contribution in [2.45, 2.75) is 32.7 Å². The molecule has 3 rings (SSSR count). The van der Waals surface area contributed by atoms with E-state index >= 15 is 0 Å². The van der Waals surface area contributed by atoms with Gasteiger partial charge >= 0.3 is 5.63 Å². The van der Waals surface area contributed by atoms with Gasteiger partial charge in [-0.1, -0.05) is 31.9 Å². The highest BCUT2D eigenvalue weighted by atomic mass is 16.4. The van der Waals surface area contributed by atoms with Crippen LogP contribution >= 0.6 is 0 Å². The topological polar surface area (TPSA) is 48.0 Å². The standard InChI is InChI=1S/C15H16N2O2/c1-2-3-6-9-17-10-12-14(16-17)11-7-4-5-8-13(11)19-15(12)18/h4-5,7-8,10H,2-3,6,9H2,1H3. The highest BCUT2D eigenvalue weighted by Crippen LogP contribution is 2.20. The first-order valence-corrected chi connectivity index (χ1v) is 6.68. The predicted octanol–water partition coefficient (Wildman–Crippen LogP) is 3.33. The Morgan fingerprint density at radius 2 is 2.05 bits per heavy atom. The molecule has 0 saturated carbocycles. The minimum Gasteiger partial charge on any atom is -0.422 e. The molecule has 3 aromatic rings. The first-order valence-electron chi connectivity index (χ1n) is 6.68. The van der Waals surface area contributed by atoms with Crippen LogP contribution < -0.4 is 5.63 Å². The van der Waals surface area contributed by atoms with Crippen molar-refractivity contribution < 1.29 is 4.42 Å². The molecule has 2 heterocycles. The van der Waals surface area contributed by atoms with Gasteiger partial charge in [0, 0.05) is 18.1 Å². The van der Waals surface area contributed by atoms with Crippen LogP contribution in [-0.4, -0.2) is 9.78 Å². The molecule has 0 aliphatic carbocycles. The van der Waals surface area contributed by atoms with E-state index in [0.29, 0.717) is 11.0 Å². The van der Waals surface area contributed by atoms with E-state index in [9.17, 15) is 4.79 Å². The van der Waals surface area contributed by atoms with Crippen LogP contribution in [0.15, 0.2) is 39.7 Å². The third-order valence-electron chi connectivity index (χ3n) is 3.32. The lowest BCUT2D eigenvalue weighted by Gasteiger charge is -1.98. The van der Waals surface area contributed by atoms with Gasteiger partial charge in [0.2, 0.25) is 0 Å². The zero-order valence-electron chi connectivity index (χ0n) is 10.9. The summed E-state index contributed by atoms with van der Waals surface area (Å²) in [7, 11) is 0. The largest absolute Gasteiger partial charge is 0.422 e. The molecular formula is C15H16N2O2. The number of hydrogen-bond acceptors (Lipinski definition) is 3. The lowest BCUT2D eigenvalue weighted by atomic mass is 10.2. The predicted molar refractivity (Wildman–Crippen MR) is 75.3 cm³/mol. The number of rotatable bonds is 4. The van der Waals surface area contributed by atoms with Gasteiger partial charge in [0.1, 0.15) is 16.5 Å². The van der Waals surface area contributed by atoms with Crippen molar-refractivity contribution >= 4 is 21.9 Å². The van der Waals surface area contributed by atoms with E-state index in [1.54, 1.807) is 12.3 Å². The second-order valence-corrected chi connectivity index (χ2v) is 4.75. The zero-order valence-corrected chi connectivity index (χ0v) is 10.9. The van der Waals surface area contributed by atoms with Crippen LogP contribution in [-0.2, 0) is 6.54 Å². The fourth-order valence-electron chi connectivity index (χ4n) is 2.31. The molecule has 19 heavy (non-hydrogen) atoms. The van der Waals surface area contributed by atoms with E-state index in [1.165, 1.54) is 12.8 Å². The maximum atomic E-state index is 11.9. The lowest BCUT2D eigenvalue weighted by Crippen LogP contribution is -1.98. The Kier molecular flexibility index (Phi) is 3.07. The van der Waals surface area contributed by atoms with Crippen LogP contribution in [0.2, 0.25) is 0 Å². The minimum absolute atomic E-state index is 0.310. The third kappa shape index (κ3) is 2.14. The van der Waals surface area contributed by atoms with E-state index < -0.39 is 0 Å². The summed E-state index contributed by atoms with van der Waals surface area (Å²) in [6, 6.07) is 7.52. The van der Waals surface area contributed by atoms with E-state index in [2.05, 4.69) is 12.0 Å². The summed E-state index contributed by atoms with van der Waals surface area (Å²) in [5.74, 6) is 0. The second-order valence-electron chi connectivity index (χ2n) is 4.75. The van der Waals surface area contributed by atoms with E-state index in [-0.39, 0.29) is 5.63 Å². The molecule has 4 nitrogen and oxygen atoms in total. The number of fused-ring (bicyclic) bond motifs is 3. The summed E-state index contributed by atoms with van der Waals surface area (Å²) in [6.45, 7) is 3.01. The van der Waals surface area contributed by atoms with Crippen LogP contribution in [0.4, 0.5) is 0 Å². The molecule has 0 atom stereocenters. The Balaban J connectivity index is 2.13. The monoisotopic (exact) mass is 256 g/mol. The summed E-state index contributed by atoms with van der Waals surface area (Å²) >= 11 is 0. The Labute approximate surface area is 110 Å². The van der Waals surface area contributed by atoms with Gasteiger partial charge in [-0.3, -0.25) is 4.68 Å². The minimum atomic E-state index is -0.310. The van der Waals surface area contributed by atoms with Crippen LogP contribution in [0, 0.1) is 0 Å². The highest BCUT2D eigenvalue weighted by molar-refractivity contribution is 6.01. The average Bonchev–Trinajstić information content (AvgIpc) is 2.84. The van der Waals surface area contributed by atoms with Gasteiger partial charge in [0.25, 0.3) is 0 Å². The van der Waals surface area contributed by atoms with Crippen LogP contribution in [0.25, 0.3) is 21.9 Å². The normalized spacial score (nSPS) is 11.4. The van der Waals surface area contributed by atoms with Crippen molar-refractivity contribution in [1.29, 1.82) is 0 Å². The molecule has 0 N–H and O–H groups in total. The fraction of sp³-hybridized carbons (Fsp3) is 0.333. The molecule has 0 aliphatic heterocycles. The van der Waals surface area contributed by atoms with Gasteiger partial charge in [-0.2, -0.15) is 5.10 Å². The number of aryl methyl sites for hydroxylation is 1. The summed E-state index contributed by atoms with van der Waals surface area (Å²) in [5, 5.41) is 5.99. The van der Waals surface area contributed by atoms with Gasteiger partial charge < -0.3 is 4.42 Å². The molecule has 0 saturated heterocycles. The van der Waals surface area contributed by atoms with Crippen molar-refractivity contribution in [1.82, 2.24) is 9.78 Å². The Morgan fingerprint density at radius 1 is 1.21 bits per heavy atom. The zero-order chi connectivity index (χ0) is 13.2. The van der Waals surface area contributed by atoms with Gasteiger partial charge in [-0.15, -0.1) is 0 Å². The molecule has 2 aromatic heterocycles. The Hall–Kier alpha value is -2.10. The number of hydrogen-bond donors (Lipinski definition) is 0. The van der Waals surface area contributed by atoms with E-state index in [1.807, 2.05) is 22.9 Å². The number of para-hydroxylation sites is 1. The third-order valence-corrected chi connectivity index (χ3v) is 3.32. The van der Waals surface area contributed by atoms with Gasteiger partial charge in [0.15, 0.2) is 0 Å². The van der Waals surface area contributed by atoms with Crippen LogP contribution in [0.3, 0.4) is 0 Å². The molecule has 0 spiro atoms. The lowest BCUT2D eigenvalue weighted by molar-refractivity contribution is 0.557. The number of benzene rings is 1. The van der Waals surface area contributed by atoms with E-state index in [0.717, 1.165) is 23.9 Å². The number of nitrogens with zero attached hydrogens (tertiary/aromatic N) is 2. The molecule has 0 radical (unpaired) electrons. The van der Waals surface area contributed by atoms with Crippen molar-refractivity contribution in [3.05, 3.63) is 40.9 Å². The van der Waals surface area contributed by atoms with Crippen molar-refractivity contribution in [2.75, 3.05) is 0 Å². The summed E-state index contributed by atoms with van der Waals surface area (Å²) in [6.07, 6.45) is 5.22. The van der Waals surface area contributed by atoms with Crippen molar-refractivity contribution in [3.63, 3.8) is 0 Å². The fourth-order valence-corrected chi connectivity index (χ4v) is 2.31. The molecule has 1 aromatic carbocycles. The summed E-state index contributed by atoms with van der Waals surface area (Å²) < 4.78 is 7.16. The molecule has 0 amide bonds. The van der Waals surface area contributed by atoms with E-state index in [4.69, 9.17) is 4.42 Å². The number of unbranched alkanes of at least 4 members (excludes halogenated alkanes) is 2. The van der Waals surface area contributed by atoms with Crippen molar-refractivity contribution in [2.24, 2.45) is 0 Å².